The van der Waals surface area contributed by atoms with Crippen molar-refractivity contribution in [1.29, 1.82) is 5.41 Å². The summed E-state index contributed by atoms with van der Waals surface area (Å²) in [5.41, 5.74) is 8.78. The van der Waals surface area contributed by atoms with Crippen molar-refractivity contribution in [2.75, 3.05) is 26.7 Å². The van der Waals surface area contributed by atoms with Crippen LogP contribution in [0.1, 0.15) is 50.3 Å². The number of likely N-dealkylation sites (tertiary alicyclic amines) is 2. The second-order valence-electron chi connectivity index (χ2n) is 9.21. The van der Waals surface area contributed by atoms with Crippen LogP contribution < -0.4 is 11.1 Å². The molecule has 0 unspecified atom stereocenters. The fourth-order valence-electron chi connectivity index (χ4n) is 5.57. The maximum atomic E-state index is 13.4. The van der Waals surface area contributed by atoms with Gasteiger partial charge in [0.1, 0.15) is 11.9 Å². The molecule has 3 heterocycles. The topological polar surface area (TPSA) is 107 Å². The lowest BCUT2D eigenvalue weighted by molar-refractivity contribution is -0.144. The van der Waals surface area contributed by atoms with Crippen LogP contribution in [0.15, 0.2) is 24.3 Å². The van der Waals surface area contributed by atoms with Gasteiger partial charge in [0.15, 0.2) is 0 Å². The van der Waals surface area contributed by atoms with Crippen LogP contribution in [0, 0.1) is 5.41 Å². The molecule has 33 heavy (non-hydrogen) atoms. The van der Waals surface area contributed by atoms with Gasteiger partial charge in [0.25, 0.3) is 0 Å². The van der Waals surface area contributed by atoms with Gasteiger partial charge in [0, 0.05) is 42.5 Å². The second-order valence-corrected chi connectivity index (χ2v) is 9.21. The van der Waals surface area contributed by atoms with Crippen molar-refractivity contribution in [3.63, 3.8) is 0 Å². The first-order chi connectivity index (χ1) is 15.9. The van der Waals surface area contributed by atoms with Gasteiger partial charge in [-0.2, -0.15) is 0 Å². The average Bonchev–Trinajstić information content (AvgIpc) is 3.54. The number of aryl methyl sites for hydroxylation is 2. The van der Waals surface area contributed by atoms with E-state index in [-0.39, 0.29) is 36.3 Å². The Bertz CT molecular complexity index is 1040. The third kappa shape index (κ3) is 4.62. The van der Waals surface area contributed by atoms with Crippen molar-refractivity contribution in [3.8, 4) is 0 Å². The van der Waals surface area contributed by atoms with Gasteiger partial charge in [-0.15, -0.1) is 0 Å². The Morgan fingerprint density at radius 3 is 2.64 bits per heavy atom. The number of aromatic nitrogens is 1. The van der Waals surface area contributed by atoms with E-state index in [1.165, 1.54) is 5.69 Å². The lowest BCUT2D eigenvalue weighted by Gasteiger charge is -2.31. The van der Waals surface area contributed by atoms with Crippen molar-refractivity contribution >= 4 is 28.6 Å². The van der Waals surface area contributed by atoms with Gasteiger partial charge in [0.2, 0.25) is 11.8 Å². The quantitative estimate of drug-likeness (QED) is 0.421. The fraction of sp³-hybridized carbons (Fsp3) is 0.560. The molecular weight excluding hydrogens is 416 g/mol. The number of carbonyl (C=O) groups excluding carboxylic acids is 2. The number of carbonyl (C=O) groups is 2. The SMILES string of the molecule is CCn1c(CC[C@@H]2CCCN2C(=O)[C@H]2CCCN2C(=O)CNC)cc2ccc(C(=N)N)cc21. The Labute approximate surface area is 195 Å². The van der Waals surface area contributed by atoms with E-state index in [1.807, 2.05) is 23.1 Å². The van der Waals surface area contributed by atoms with Gasteiger partial charge in [-0.25, -0.2) is 0 Å². The van der Waals surface area contributed by atoms with Crippen LogP contribution in [0.25, 0.3) is 10.9 Å². The van der Waals surface area contributed by atoms with Gasteiger partial charge in [0.05, 0.1) is 6.54 Å². The molecule has 2 aromatic rings. The van der Waals surface area contributed by atoms with Gasteiger partial charge in [-0.3, -0.25) is 15.0 Å². The molecule has 4 N–H and O–H groups in total. The molecule has 2 fully saturated rings. The fourth-order valence-corrected chi connectivity index (χ4v) is 5.57. The molecule has 8 heteroatoms. The maximum Gasteiger partial charge on any atom is 0.245 e. The molecule has 0 spiro atoms. The average molecular weight is 453 g/mol. The highest BCUT2D eigenvalue weighted by Gasteiger charge is 2.39. The van der Waals surface area contributed by atoms with E-state index < -0.39 is 0 Å². The molecule has 1 aromatic heterocycles. The van der Waals surface area contributed by atoms with Crippen molar-refractivity contribution < 1.29 is 9.59 Å². The summed E-state index contributed by atoms with van der Waals surface area (Å²) in [6, 6.07) is 8.05. The zero-order valence-electron chi connectivity index (χ0n) is 19.8. The molecule has 0 radical (unpaired) electrons. The molecule has 1 aromatic carbocycles. The summed E-state index contributed by atoms with van der Waals surface area (Å²) in [6.45, 7) is 4.71. The summed E-state index contributed by atoms with van der Waals surface area (Å²) in [4.78, 5) is 29.7. The second kappa shape index (κ2) is 9.95. The molecule has 4 rings (SSSR count). The molecule has 8 nitrogen and oxygen atoms in total. The highest BCUT2D eigenvalue weighted by Crippen LogP contribution is 2.29. The minimum absolute atomic E-state index is 0.0153. The van der Waals surface area contributed by atoms with E-state index in [9.17, 15) is 9.59 Å². The summed E-state index contributed by atoms with van der Waals surface area (Å²) in [7, 11) is 1.76. The van der Waals surface area contributed by atoms with Crippen LogP contribution in [0.5, 0.6) is 0 Å². The number of fused-ring (bicyclic) bond motifs is 1. The first kappa shape index (κ1) is 23.3. The highest BCUT2D eigenvalue weighted by atomic mass is 16.2. The molecule has 2 atom stereocenters. The Kier molecular flexibility index (Phi) is 7.02. The molecule has 0 bridgehead atoms. The summed E-state index contributed by atoms with van der Waals surface area (Å²) in [6.07, 6.45) is 5.50. The molecule has 2 amide bonds. The van der Waals surface area contributed by atoms with E-state index in [2.05, 4.69) is 22.9 Å². The number of nitrogens with two attached hydrogens (primary N) is 1. The minimum Gasteiger partial charge on any atom is -0.384 e. The van der Waals surface area contributed by atoms with Crippen molar-refractivity contribution in [2.45, 2.75) is 64.1 Å². The first-order valence-corrected chi connectivity index (χ1v) is 12.2. The normalized spacial score (nSPS) is 20.7. The van der Waals surface area contributed by atoms with Crippen LogP contribution in [0.3, 0.4) is 0 Å². The van der Waals surface area contributed by atoms with Crippen LogP contribution in [0.2, 0.25) is 0 Å². The Hall–Kier alpha value is -2.87. The third-order valence-electron chi connectivity index (χ3n) is 7.20. The van der Waals surface area contributed by atoms with Gasteiger partial charge in [-0.1, -0.05) is 12.1 Å². The predicted molar refractivity (Wildman–Crippen MR) is 130 cm³/mol. The number of benzene rings is 1. The Balaban J connectivity index is 1.47. The highest BCUT2D eigenvalue weighted by molar-refractivity contribution is 5.98. The van der Waals surface area contributed by atoms with E-state index in [0.717, 1.165) is 68.1 Å². The lowest BCUT2D eigenvalue weighted by Crippen LogP contribution is -2.50. The Morgan fingerprint density at radius 1 is 1.15 bits per heavy atom. The zero-order valence-corrected chi connectivity index (χ0v) is 19.8. The van der Waals surface area contributed by atoms with Crippen LogP contribution in [-0.2, 0) is 22.6 Å². The molecule has 2 aliphatic heterocycles. The van der Waals surface area contributed by atoms with Crippen LogP contribution >= 0.6 is 0 Å². The van der Waals surface area contributed by atoms with Crippen molar-refractivity contribution in [1.82, 2.24) is 19.7 Å². The number of rotatable bonds is 8. The lowest BCUT2D eigenvalue weighted by atomic mass is 10.1. The number of nitrogens with zero attached hydrogens (tertiary/aromatic N) is 3. The number of nitrogen functional groups attached to an aromatic ring is 1. The van der Waals surface area contributed by atoms with E-state index in [1.54, 1.807) is 11.9 Å². The minimum atomic E-state index is -0.307. The molecular formula is C25H36N6O2. The maximum absolute atomic E-state index is 13.4. The molecule has 0 aliphatic carbocycles. The van der Waals surface area contributed by atoms with Gasteiger partial charge >= 0.3 is 0 Å². The predicted octanol–water partition coefficient (Wildman–Crippen LogP) is 2.08. The number of hydrogen-bond acceptors (Lipinski definition) is 4. The number of nitrogens with one attached hydrogen (secondary N) is 2. The zero-order chi connectivity index (χ0) is 23.5. The van der Waals surface area contributed by atoms with E-state index in [4.69, 9.17) is 11.1 Å². The standard InChI is InChI=1S/C25H36N6O2/c1-3-29-20(14-17-8-9-18(24(26)27)15-22(17)29)11-10-19-6-4-12-30(19)25(33)21-7-5-13-31(21)23(32)16-28-2/h8-9,14-15,19,21,28H,3-7,10-13,16H2,1-2H3,(H3,26,27)/t19-,21+/m0/s1. The summed E-state index contributed by atoms with van der Waals surface area (Å²) >= 11 is 0. The number of hydrogen-bond donors (Lipinski definition) is 3. The molecule has 2 aliphatic rings. The third-order valence-corrected chi connectivity index (χ3v) is 7.20. The summed E-state index contributed by atoms with van der Waals surface area (Å²) in [5, 5.41) is 11.8. The number of likely N-dealkylation sites (N-methyl/N-ethyl adjacent to an activating group) is 1. The molecule has 0 saturated carbocycles. The number of amides is 2. The van der Waals surface area contributed by atoms with Crippen molar-refractivity contribution in [2.24, 2.45) is 5.73 Å². The monoisotopic (exact) mass is 452 g/mol. The van der Waals surface area contributed by atoms with E-state index in [0.29, 0.717) is 6.54 Å². The number of amidine groups is 1. The smallest absolute Gasteiger partial charge is 0.245 e. The molecule has 2 saturated heterocycles. The molecule has 178 valence electrons. The van der Waals surface area contributed by atoms with Crippen molar-refractivity contribution in [3.05, 3.63) is 35.5 Å². The summed E-state index contributed by atoms with van der Waals surface area (Å²) in [5.74, 6) is 0.222. The van der Waals surface area contributed by atoms with Crippen LogP contribution in [0.4, 0.5) is 0 Å². The van der Waals surface area contributed by atoms with Gasteiger partial charge in [-0.05, 0) is 70.0 Å². The summed E-state index contributed by atoms with van der Waals surface area (Å²) < 4.78 is 2.29. The van der Waals surface area contributed by atoms with Crippen LogP contribution in [-0.4, -0.2) is 70.8 Å². The van der Waals surface area contributed by atoms with E-state index >= 15 is 0 Å². The Morgan fingerprint density at radius 2 is 1.91 bits per heavy atom. The first-order valence-electron chi connectivity index (χ1n) is 12.2. The van der Waals surface area contributed by atoms with Gasteiger partial charge < -0.3 is 25.4 Å². The largest absolute Gasteiger partial charge is 0.384 e.